The van der Waals surface area contributed by atoms with Crippen LogP contribution in [-0.2, 0) is 16.1 Å². The number of ether oxygens (including phenoxy) is 1. The molecule has 0 radical (unpaired) electrons. The van der Waals surface area contributed by atoms with Gasteiger partial charge in [-0.2, -0.15) is 0 Å². The van der Waals surface area contributed by atoms with Crippen molar-refractivity contribution < 1.29 is 19.6 Å². The number of benzene rings is 1. The first-order valence-electron chi connectivity index (χ1n) is 5.86. The number of nitro benzene ring substituents is 1. The lowest BCUT2D eigenvalue weighted by Crippen LogP contribution is -2.49. The second kappa shape index (κ2) is 5.77. The van der Waals surface area contributed by atoms with Gasteiger partial charge in [-0.25, -0.2) is 0 Å². The zero-order valence-corrected chi connectivity index (χ0v) is 10.2. The molecular formula is C12H14N2O5. The van der Waals surface area contributed by atoms with Crippen molar-refractivity contribution in [3.63, 3.8) is 0 Å². The number of morpholine rings is 1. The summed E-state index contributed by atoms with van der Waals surface area (Å²) in [6.45, 7) is 1.64. The summed E-state index contributed by atoms with van der Waals surface area (Å²) >= 11 is 0. The van der Waals surface area contributed by atoms with Gasteiger partial charge in [-0.1, -0.05) is 12.1 Å². The molecule has 0 bridgehead atoms. The lowest BCUT2D eigenvalue weighted by Gasteiger charge is -2.32. The van der Waals surface area contributed by atoms with Crippen LogP contribution < -0.4 is 0 Å². The lowest BCUT2D eigenvalue weighted by molar-refractivity contribution is -0.384. The highest BCUT2D eigenvalue weighted by atomic mass is 16.6. The largest absolute Gasteiger partial charge is 0.480 e. The van der Waals surface area contributed by atoms with Crippen LogP contribution in [0.25, 0.3) is 0 Å². The number of hydrogen-bond acceptors (Lipinski definition) is 5. The predicted octanol–water partition coefficient (Wildman–Crippen LogP) is 0.880. The minimum atomic E-state index is -0.915. The number of nitro groups is 1. The molecule has 1 aliphatic heterocycles. The molecule has 1 aliphatic rings. The van der Waals surface area contributed by atoms with Crippen molar-refractivity contribution in [2.45, 2.75) is 12.6 Å². The van der Waals surface area contributed by atoms with Gasteiger partial charge in [0.2, 0.25) is 0 Å². The number of non-ortho nitro benzene ring substituents is 1. The maximum Gasteiger partial charge on any atom is 0.323 e. The molecule has 0 spiro atoms. The molecule has 1 unspecified atom stereocenters. The van der Waals surface area contributed by atoms with Gasteiger partial charge in [0.25, 0.3) is 5.69 Å². The van der Waals surface area contributed by atoms with Crippen LogP contribution in [0.4, 0.5) is 5.69 Å². The molecule has 7 heteroatoms. The van der Waals surface area contributed by atoms with E-state index >= 15 is 0 Å². The van der Waals surface area contributed by atoms with E-state index in [9.17, 15) is 14.9 Å². The number of rotatable bonds is 4. The molecule has 0 amide bonds. The van der Waals surface area contributed by atoms with Gasteiger partial charge >= 0.3 is 5.97 Å². The van der Waals surface area contributed by atoms with Gasteiger partial charge in [0.05, 0.1) is 18.1 Å². The summed E-state index contributed by atoms with van der Waals surface area (Å²) in [7, 11) is 0. The van der Waals surface area contributed by atoms with E-state index in [1.165, 1.54) is 12.1 Å². The number of carbonyl (C=O) groups is 1. The van der Waals surface area contributed by atoms with Crippen molar-refractivity contribution >= 4 is 11.7 Å². The Balaban J connectivity index is 2.06. The third kappa shape index (κ3) is 3.27. The third-order valence-electron chi connectivity index (χ3n) is 3.06. The van der Waals surface area contributed by atoms with E-state index in [-0.39, 0.29) is 12.3 Å². The Morgan fingerprint density at radius 1 is 1.47 bits per heavy atom. The van der Waals surface area contributed by atoms with Crippen LogP contribution >= 0.6 is 0 Å². The van der Waals surface area contributed by atoms with Crippen LogP contribution in [0.15, 0.2) is 24.3 Å². The van der Waals surface area contributed by atoms with E-state index < -0.39 is 16.9 Å². The molecule has 1 aromatic carbocycles. The molecule has 0 aliphatic carbocycles. The molecule has 102 valence electrons. The quantitative estimate of drug-likeness (QED) is 0.642. The Morgan fingerprint density at radius 3 is 2.74 bits per heavy atom. The topological polar surface area (TPSA) is 92.9 Å². The number of carboxylic acids is 1. The Morgan fingerprint density at radius 2 is 2.16 bits per heavy atom. The Hall–Kier alpha value is -1.99. The van der Waals surface area contributed by atoms with E-state index in [2.05, 4.69) is 0 Å². The van der Waals surface area contributed by atoms with Crippen molar-refractivity contribution in [2.75, 3.05) is 19.8 Å². The molecule has 1 aromatic rings. The van der Waals surface area contributed by atoms with Crippen LogP contribution in [0.3, 0.4) is 0 Å². The van der Waals surface area contributed by atoms with Gasteiger partial charge in [-0.05, 0) is 5.56 Å². The van der Waals surface area contributed by atoms with E-state index in [4.69, 9.17) is 9.84 Å². The maximum absolute atomic E-state index is 11.1. The average molecular weight is 266 g/mol. The summed E-state index contributed by atoms with van der Waals surface area (Å²) in [6.07, 6.45) is 0. The molecule has 0 aromatic heterocycles. The highest BCUT2D eigenvalue weighted by molar-refractivity contribution is 5.73. The van der Waals surface area contributed by atoms with Gasteiger partial charge in [0, 0.05) is 25.2 Å². The fourth-order valence-electron chi connectivity index (χ4n) is 2.01. The molecule has 2 rings (SSSR count). The van der Waals surface area contributed by atoms with Crippen molar-refractivity contribution in [2.24, 2.45) is 0 Å². The third-order valence-corrected chi connectivity index (χ3v) is 3.06. The van der Waals surface area contributed by atoms with E-state index in [1.807, 2.05) is 0 Å². The highest BCUT2D eigenvalue weighted by Crippen LogP contribution is 2.16. The fourth-order valence-corrected chi connectivity index (χ4v) is 2.01. The molecule has 19 heavy (non-hydrogen) atoms. The molecule has 1 N–H and O–H groups in total. The number of carboxylic acid groups (broad SMARTS) is 1. The minimum absolute atomic E-state index is 0.0283. The first-order valence-corrected chi connectivity index (χ1v) is 5.86. The van der Waals surface area contributed by atoms with E-state index in [0.29, 0.717) is 19.7 Å². The average Bonchev–Trinajstić information content (AvgIpc) is 2.39. The van der Waals surface area contributed by atoms with Crippen LogP contribution in [0.2, 0.25) is 0 Å². The van der Waals surface area contributed by atoms with E-state index in [1.54, 1.807) is 17.0 Å². The van der Waals surface area contributed by atoms with E-state index in [0.717, 1.165) is 5.56 Å². The molecule has 1 saturated heterocycles. The molecule has 1 atom stereocenters. The summed E-state index contributed by atoms with van der Waals surface area (Å²) in [6, 6.07) is 5.47. The van der Waals surface area contributed by atoms with Gasteiger partial charge in [0.15, 0.2) is 0 Å². The Labute approximate surface area is 109 Å². The fraction of sp³-hybridized carbons (Fsp3) is 0.417. The van der Waals surface area contributed by atoms with Crippen molar-refractivity contribution in [1.82, 2.24) is 4.90 Å². The van der Waals surface area contributed by atoms with Crippen LogP contribution in [0.1, 0.15) is 5.56 Å². The monoisotopic (exact) mass is 266 g/mol. The zero-order chi connectivity index (χ0) is 13.8. The smallest absolute Gasteiger partial charge is 0.323 e. The second-order valence-corrected chi connectivity index (χ2v) is 4.32. The number of nitrogens with zero attached hydrogens (tertiary/aromatic N) is 2. The summed E-state index contributed by atoms with van der Waals surface area (Å²) in [5, 5.41) is 19.6. The van der Waals surface area contributed by atoms with Crippen LogP contribution in [0.5, 0.6) is 0 Å². The second-order valence-electron chi connectivity index (χ2n) is 4.32. The lowest BCUT2D eigenvalue weighted by atomic mass is 10.1. The predicted molar refractivity (Wildman–Crippen MR) is 65.7 cm³/mol. The zero-order valence-electron chi connectivity index (χ0n) is 10.2. The molecule has 1 fully saturated rings. The summed E-state index contributed by atoms with van der Waals surface area (Å²) in [4.78, 5) is 23.0. The van der Waals surface area contributed by atoms with Gasteiger partial charge in [0.1, 0.15) is 6.04 Å². The molecule has 1 heterocycles. The summed E-state index contributed by atoms with van der Waals surface area (Å²) in [5.41, 5.74) is 0.874. The first kappa shape index (κ1) is 13.4. The SMILES string of the molecule is O=C(O)C1COCCN1Cc1ccc([N+](=O)[O-])cc1. The van der Waals surface area contributed by atoms with Gasteiger partial charge < -0.3 is 9.84 Å². The highest BCUT2D eigenvalue weighted by Gasteiger charge is 2.29. The van der Waals surface area contributed by atoms with Crippen LogP contribution in [0, 0.1) is 10.1 Å². The summed E-state index contributed by atoms with van der Waals surface area (Å²) < 4.78 is 5.15. The molecule has 0 saturated carbocycles. The molecular weight excluding hydrogens is 252 g/mol. The molecule has 7 nitrogen and oxygen atoms in total. The van der Waals surface area contributed by atoms with Gasteiger partial charge in [-0.3, -0.25) is 19.8 Å². The summed E-state index contributed by atoms with van der Waals surface area (Å²) in [5.74, 6) is -0.915. The van der Waals surface area contributed by atoms with Crippen molar-refractivity contribution in [3.05, 3.63) is 39.9 Å². The van der Waals surface area contributed by atoms with Gasteiger partial charge in [-0.15, -0.1) is 0 Å². The Kier molecular flexibility index (Phi) is 4.08. The Bertz CT molecular complexity index is 474. The number of hydrogen-bond donors (Lipinski definition) is 1. The maximum atomic E-state index is 11.1. The van der Waals surface area contributed by atoms with Crippen molar-refractivity contribution in [3.8, 4) is 0 Å². The first-order chi connectivity index (χ1) is 9.08. The number of aliphatic carboxylic acids is 1. The standard InChI is InChI=1S/C12H14N2O5/c15-12(16)11-8-19-6-5-13(11)7-9-1-3-10(4-2-9)14(17)18/h1-4,11H,5-8H2,(H,15,16). The van der Waals surface area contributed by atoms with Crippen LogP contribution in [-0.4, -0.2) is 46.7 Å². The van der Waals surface area contributed by atoms with Crippen molar-refractivity contribution in [1.29, 1.82) is 0 Å². The normalized spacial score (nSPS) is 20.1. The minimum Gasteiger partial charge on any atom is -0.480 e.